The molecule has 0 bridgehead atoms. The highest BCUT2D eigenvalue weighted by Gasteiger charge is 2.23. The van der Waals surface area contributed by atoms with Crippen molar-refractivity contribution in [3.8, 4) is 5.75 Å². The number of hydrogen-bond donors (Lipinski definition) is 1. The van der Waals surface area contributed by atoms with Gasteiger partial charge in [-0.05, 0) is 39.5 Å². The number of halogens is 1. The molecule has 5 nitrogen and oxygen atoms in total. The third kappa shape index (κ3) is 4.06. The lowest BCUT2D eigenvalue weighted by atomic mass is 10.1. The smallest absolute Gasteiger partial charge is 0.276 e. The number of benzene rings is 1. The van der Waals surface area contributed by atoms with Gasteiger partial charge in [0.1, 0.15) is 5.75 Å². The highest BCUT2D eigenvalue weighted by atomic mass is 79.9. The van der Waals surface area contributed by atoms with E-state index < -0.39 is 0 Å². The minimum absolute atomic E-state index is 0.138. The summed E-state index contributed by atoms with van der Waals surface area (Å²) in [6, 6.07) is 7.66. The van der Waals surface area contributed by atoms with E-state index in [9.17, 15) is 4.79 Å². The summed E-state index contributed by atoms with van der Waals surface area (Å²) >= 11 is 3.49. The summed E-state index contributed by atoms with van der Waals surface area (Å²) in [6.07, 6.45) is 1.71. The van der Waals surface area contributed by atoms with Gasteiger partial charge in [0.2, 0.25) is 0 Å². The lowest BCUT2D eigenvalue weighted by Crippen LogP contribution is -2.31. The van der Waals surface area contributed by atoms with Crippen molar-refractivity contribution < 1.29 is 9.53 Å². The van der Waals surface area contributed by atoms with E-state index in [1.165, 1.54) is 0 Å². The third-order valence-electron chi connectivity index (χ3n) is 3.68. The highest BCUT2D eigenvalue weighted by Crippen LogP contribution is 2.26. The summed E-state index contributed by atoms with van der Waals surface area (Å²) in [7, 11) is 1.63. The molecule has 0 unspecified atom stereocenters. The Morgan fingerprint density at radius 2 is 2.08 bits per heavy atom. The first-order valence-corrected chi connectivity index (χ1v) is 8.54. The van der Waals surface area contributed by atoms with Crippen molar-refractivity contribution in [2.75, 3.05) is 13.7 Å². The van der Waals surface area contributed by atoms with E-state index in [0.717, 1.165) is 21.5 Å². The first-order chi connectivity index (χ1) is 11.5. The van der Waals surface area contributed by atoms with E-state index in [1.807, 2.05) is 38.1 Å². The van der Waals surface area contributed by atoms with Crippen LogP contribution in [0.5, 0.6) is 5.75 Å². The van der Waals surface area contributed by atoms with Crippen molar-refractivity contribution in [3.05, 3.63) is 58.3 Å². The largest absolute Gasteiger partial charge is 0.497 e. The molecule has 128 valence electrons. The van der Waals surface area contributed by atoms with Gasteiger partial charge in [0.25, 0.3) is 5.91 Å². The number of H-pyrrole nitrogens is 1. The molecule has 1 amide bonds. The van der Waals surface area contributed by atoms with Gasteiger partial charge in [-0.2, -0.15) is 5.10 Å². The number of amides is 1. The van der Waals surface area contributed by atoms with Crippen LogP contribution in [0.25, 0.3) is 0 Å². The fraction of sp³-hybridized carbons (Fsp3) is 0.333. The SMILES string of the molecule is C=CCN(Cc1ccc(OC)cc1)C(=O)c1n[nH]c(C(C)C)c1Br. The number of hydrogen-bond acceptors (Lipinski definition) is 3. The molecule has 0 saturated heterocycles. The molecule has 0 atom stereocenters. The van der Waals surface area contributed by atoms with Crippen molar-refractivity contribution in [1.29, 1.82) is 0 Å². The molecule has 0 aliphatic heterocycles. The van der Waals surface area contributed by atoms with Crippen LogP contribution in [0.2, 0.25) is 0 Å². The van der Waals surface area contributed by atoms with Gasteiger partial charge >= 0.3 is 0 Å². The van der Waals surface area contributed by atoms with E-state index in [2.05, 4.69) is 32.7 Å². The number of methoxy groups -OCH3 is 1. The average Bonchev–Trinajstić information content (AvgIpc) is 2.96. The Balaban J connectivity index is 2.22. The molecule has 0 radical (unpaired) electrons. The molecule has 1 heterocycles. The Kier molecular flexibility index (Phi) is 6.20. The first-order valence-electron chi connectivity index (χ1n) is 7.74. The number of carbonyl (C=O) groups is 1. The number of aromatic nitrogens is 2. The number of ether oxygens (including phenoxy) is 1. The molecule has 1 N–H and O–H groups in total. The van der Waals surface area contributed by atoms with Crippen molar-refractivity contribution in [2.24, 2.45) is 0 Å². The summed E-state index contributed by atoms with van der Waals surface area (Å²) in [5.41, 5.74) is 2.33. The molecule has 0 saturated carbocycles. The quantitative estimate of drug-likeness (QED) is 0.721. The van der Waals surface area contributed by atoms with Crippen LogP contribution in [0.15, 0.2) is 41.4 Å². The standard InChI is InChI=1S/C18H22BrN3O2/c1-5-10-22(11-13-6-8-14(24-4)9-7-13)18(23)17-15(19)16(12(2)3)20-21-17/h5-9,12H,1,10-11H2,2-4H3,(H,20,21). The Morgan fingerprint density at radius 1 is 1.42 bits per heavy atom. The number of rotatable bonds is 7. The zero-order chi connectivity index (χ0) is 17.7. The van der Waals surface area contributed by atoms with E-state index in [4.69, 9.17) is 4.74 Å². The molecule has 2 rings (SSSR count). The fourth-order valence-electron chi connectivity index (χ4n) is 2.34. The van der Waals surface area contributed by atoms with Gasteiger partial charge in [-0.15, -0.1) is 6.58 Å². The van der Waals surface area contributed by atoms with Crippen molar-refractivity contribution in [3.63, 3.8) is 0 Å². The van der Waals surface area contributed by atoms with Gasteiger partial charge in [0.15, 0.2) is 5.69 Å². The maximum absolute atomic E-state index is 12.9. The minimum Gasteiger partial charge on any atom is -0.497 e. The van der Waals surface area contributed by atoms with Crippen LogP contribution in [0.4, 0.5) is 0 Å². The molecule has 24 heavy (non-hydrogen) atoms. The zero-order valence-electron chi connectivity index (χ0n) is 14.2. The first kappa shape index (κ1) is 18.3. The second-order valence-electron chi connectivity index (χ2n) is 5.78. The van der Waals surface area contributed by atoms with Crippen molar-refractivity contribution in [2.45, 2.75) is 26.3 Å². The maximum Gasteiger partial charge on any atom is 0.276 e. The predicted octanol–water partition coefficient (Wildman–Crippen LogP) is 4.13. The molecule has 2 aromatic rings. The number of aromatic amines is 1. The van der Waals surface area contributed by atoms with Crippen molar-refractivity contribution in [1.82, 2.24) is 15.1 Å². The molecule has 0 spiro atoms. The molecule has 1 aromatic heterocycles. The second kappa shape index (κ2) is 8.15. The number of nitrogens with one attached hydrogen (secondary N) is 1. The summed E-state index contributed by atoms with van der Waals surface area (Å²) < 4.78 is 5.89. The normalized spacial score (nSPS) is 10.7. The van der Waals surface area contributed by atoms with Gasteiger partial charge < -0.3 is 9.64 Å². The molecular formula is C18H22BrN3O2. The zero-order valence-corrected chi connectivity index (χ0v) is 15.8. The van der Waals surface area contributed by atoms with Gasteiger partial charge in [0.05, 0.1) is 17.3 Å². The van der Waals surface area contributed by atoms with Crippen LogP contribution in [-0.4, -0.2) is 34.7 Å². The van der Waals surface area contributed by atoms with E-state index in [0.29, 0.717) is 18.8 Å². The number of carbonyl (C=O) groups excluding carboxylic acids is 1. The molecular weight excluding hydrogens is 370 g/mol. The monoisotopic (exact) mass is 391 g/mol. The molecule has 0 aliphatic rings. The maximum atomic E-state index is 12.9. The molecule has 0 aliphatic carbocycles. The Bertz CT molecular complexity index is 708. The molecule has 1 aromatic carbocycles. The van der Waals surface area contributed by atoms with Crippen LogP contribution in [0, 0.1) is 0 Å². The van der Waals surface area contributed by atoms with E-state index in [-0.39, 0.29) is 11.8 Å². The second-order valence-corrected chi connectivity index (χ2v) is 6.57. The molecule has 6 heteroatoms. The Morgan fingerprint density at radius 3 is 2.58 bits per heavy atom. The van der Waals surface area contributed by atoms with Gasteiger partial charge in [-0.1, -0.05) is 32.1 Å². The van der Waals surface area contributed by atoms with Gasteiger partial charge in [-0.25, -0.2) is 0 Å². The Hall–Kier alpha value is -2.08. The summed E-state index contributed by atoms with van der Waals surface area (Å²) in [5, 5.41) is 7.14. The summed E-state index contributed by atoms with van der Waals surface area (Å²) in [5.74, 6) is 0.903. The topological polar surface area (TPSA) is 58.2 Å². The highest BCUT2D eigenvalue weighted by molar-refractivity contribution is 9.10. The minimum atomic E-state index is -0.138. The summed E-state index contributed by atoms with van der Waals surface area (Å²) in [6.45, 7) is 8.76. The lowest BCUT2D eigenvalue weighted by Gasteiger charge is -2.20. The summed E-state index contributed by atoms with van der Waals surface area (Å²) in [4.78, 5) is 14.6. The predicted molar refractivity (Wildman–Crippen MR) is 98.3 cm³/mol. The van der Waals surface area contributed by atoms with Crippen LogP contribution in [0.3, 0.4) is 0 Å². The van der Waals surface area contributed by atoms with Crippen LogP contribution in [0.1, 0.15) is 41.5 Å². The average molecular weight is 392 g/mol. The number of nitrogens with zero attached hydrogens (tertiary/aromatic N) is 2. The van der Waals surface area contributed by atoms with Crippen LogP contribution >= 0.6 is 15.9 Å². The Labute approximate surface area is 150 Å². The van der Waals surface area contributed by atoms with E-state index >= 15 is 0 Å². The fourth-order valence-corrected chi connectivity index (χ4v) is 3.15. The van der Waals surface area contributed by atoms with Crippen molar-refractivity contribution >= 4 is 21.8 Å². The molecule has 0 fully saturated rings. The van der Waals surface area contributed by atoms with Gasteiger partial charge in [-0.3, -0.25) is 9.89 Å². The van der Waals surface area contributed by atoms with E-state index in [1.54, 1.807) is 18.1 Å². The third-order valence-corrected chi connectivity index (χ3v) is 4.48. The van der Waals surface area contributed by atoms with Gasteiger partial charge in [0, 0.05) is 13.1 Å². The lowest BCUT2D eigenvalue weighted by molar-refractivity contribution is 0.0756. The van der Waals surface area contributed by atoms with Crippen LogP contribution < -0.4 is 4.74 Å². The van der Waals surface area contributed by atoms with Crippen LogP contribution in [-0.2, 0) is 6.54 Å².